The topological polar surface area (TPSA) is 55.1 Å². The number of halogens is 1. The number of hydrogen-bond donors (Lipinski definition) is 2. The van der Waals surface area contributed by atoms with Crippen molar-refractivity contribution in [2.24, 2.45) is 5.73 Å². The molecule has 1 aromatic rings. The molecule has 0 spiro atoms. The van der Waals surface area contributed by atoms with Crippen molar-refractivity contribution in [1.82, 2.24) is 0 Å². The van der Waals surface area contributed by atoms with E-state index in [1.54, 1.807) is 18.2 Å². The molecule has 0 aliphatic rings. The Morgan fingerprint density at radius 3 is 2.71 bits per heavy atom. The lowest BCUT2D eigenvalue weighted by atomic mass is 10.2. The molecule has 14 heavy (non-hydrogen) atoms. The SMILES string of the molecule is CCC(Nc1ccccc1F)C(N)=O. The summed E-state index contributed by atoms with van der Waals surface area (Å²) in [5.41, 5.74) is 5.43. The zero-order chi connectivity index (χ0) is 10.6. The number of rotatable bonds is 4. The van der Waals surface area contributed by atoms with Gasteiger partial charge in [-0.05, 0) is 18.6 Å². The molecule has 1 aromatic carbocycles. The number of primary amides is 1. The maximum Gasteiger partial charge on any atom is 0.239 e. The summed E-state index contributed by atoms with van der Waals surface area (Å²) in [6, 6.07) is 5.66. The Bertz CT molecular complexity index is 328. The van der Waals surface area contributed by atoms with E-state index in [0.29, 0.717) is 12.1 Å². The molecule has 0 heterocycles. The Labute approximate surface area is 82.1 Å². The molecule has 3 nitrogen and oxygen atoms in total. The van der Waals surface area contributed by atoms with E-state index in [-0.39, 0.29) is 5.82 Å². The highest BCUT2D eigenvalue weighted by Crippen LogP contribution is 2.14. The third-order valence-corrected chi connectivity index (χ3v) is 1.96. The molecule has 76 valence electrons. The number of carbonyl (C=O) groups is 1. The number of para-hydroxylation sites is 1. The molecule has 0 aliphatic heterocycles. The van der Waals surface area contributed by atoms with Crippen LogP contribution in [0.5, 0.6) is 0 Å². The van der Waals surface area contributed by atoms with Crippen LogP contribution in [0.2, 0.25) is 0 Å². The fourth-order valence-electron chi connectivity index (χ4n) is 1.14. The second-order valence-corrected chi connectivity index (χ2v) is 2.99. The summed E-state index contributed by atoms with van der Waals surface area (Å²) < 4.78 is 13.1. The zero-order valence-electron chi connectivity index (χ0n) is 7.96. The number of amides is 1. The minimum atomic E-state index is -0.521. The Hall–Kier alpha value is -1.58. The normalized spacial score (nSPS) is 12.1. The number of nitrogens with one attached hydrogen (secondary N) is 1. The Morgan fingerprint density at radius 2 is 2.21 bits per heavy atom. The summed E-state index contributed by atoms with van der Waals surface area (Å²) in [6.45, 7) is 1.81. The van der Waals surface area contributed by atoms with Crippen LogP contribution in [0.4, 0.5) is 10.1 Å². The first kappa shape index (κ1) is 10.5. The monoisotopic (exact) mass is 196 g/mol. The lowest BCUT2D eigenvalue weighted by molar-refractivity contribution is -0.118. The van der Waals surface area contributed by atoms with Crippen molar-refractivity contribution in [3.8, 4) is 0 Å². The predicted molar refractivity (Wildman–Crippen MR) is 53.3 cm³/mol. The first-order chi connectivity index (χ1) is 6.65. The third kappa shape index (κ3) is 2.45. The minimum absolute atomic E-state index is 0.304. The lowest BCUT2D eigenvalue weighted by Gasteiger charge is -2.14. The molecule has 4 heteroatoms. The summed E-state index contributed by atoms with van der Waals surface area (Å²) in [5.74, 6) is -0.858. The van der Waals surface area contributed by atoms with Crippen LogP contribution in [0.15, 0.2) is 24.3 Å². The van der Waals surface area contributed by atoms with Gasteiger partial charge in [0.2, 0.25) is 5.91 Å². The van der Waals surface area contributed by atoms with Gasteiger partial charge in [0.15, 0.2) is 0 Å². The highest BCUT2D eigenvalue weighted by molar-refractivity contribution is 5.82. The standard InChI is InChI=1S/C10H13FN2O/c1-2-8(10(12)14)13-9-6-4-3-5-7(9)11/h3-6,8,13H,2H2,1H3,(H2,12,14). The quantitative estimate of drug-likeness (QED) is 0.766. The van der Waals surface area contributed by atoms with Crippen LogP contribution in [0.1, 0.15) is 13.3 Å². The van der Waals surface area contributed by atoms with Gasteiger partial charge < -0.3 is 11.1 Å². The van der Waals surface area contributed by atoms with E-state index < -0.39 is 11.9 Å². The second-order valence-electron chi connectivity index (χ2n) is 2.99. The van der Waals surface area contributed by atoms with Gasteiger partial charge in [0.1, 0.15) is 11.9 Å². The smallest absolute Gasteiger partial charge is 0.239 e. The first-order valence-electron chi connectivity index (χ1n) is 4.45. The van der Waals surface area contributed by atoms with Crippen molar-refractivity contribution in [1.29, 1.82) is 0 Å². The van der Waals surface area contributed by atoms with E-state index in [1.165, 1.54) is 6.07 Å². The molecule has 0 fully saturated rings. The van der Waals surface area contributed by atoms with Gasteiger partial charge in [0.05, 0.1) is 5.69 Å². The van der Waals surface area contributed by atoms with Crippen LogP contribution >= 0.6 is 0 Å². The zero-order valence-corrected chi connectivity index (χ0v) is 7.96. The van der Waals surface area contributed by atoms with E-state index in [1.807, 2.05) is 6.92 Å². The molecule has 1 unspecified atom stereocenters. The van der Waals surface area contributed by atoms with Crippen molar-refractivity contribution in [3.05, 3.63) is 30.1 Å². The number of nitrogens with two attached hydrogens (primary N) is 1. The van der Waals surface area contributed by atoms with Crippen LogP contribution < -0.4 is 11.1 Å². The third-order valence-electron chi connectivity index (χ3n) is 1.96. The van der Waals surface area contributed by atoms with E-state index in [9.17, 15) is 9.18 Å². The van der Waals surface area contributed by atoms with Gasteiger partial charge in [0, 0.05) is 0 Å². The molecule has 1 rings (SSSR count). The van der Waals surface area contributed by atoms with Gasteiger partial charge in [0.25, 0.3) is 0 Å². The summed E-state index contributed by atoms with van der Waals surface area (Å²) in [5, 5.41) is 2.75. The molecule has 0 bridgehead atoms. The number of benzene rings is 1. The average Bonchev–Trinajstić information content (AvgIpc) is 2.16. The van der Waals surface area contributed by atoms with Crippen molar-refractivity contribution in [3.63, 3.8) is 0 Å². The largest absolute Gasteiger partial charge is 0.371 e. The molecule has 0 saturated carbocycles. The Balaban J connectivity index is 2.77. The highest BCUT2D eigenvalue weighted by Gasteiger charge is 2.13. The van der Waals surface area contributed by atoms with Crippen LogP contribution in [-0.4, -0.2) is 11.9 Å². The van der Waals surface area contributed by atoms with Crippen molar-refractivity contribution in [2.75, 3.05) is 5.32 Å². The predicted octanol–water partition coefficient (Wildman–Crippen LogP) is 1.50. The molecule has 0 saturated heterocycles. The van der Waals surface area contributed by atoms with E-state index in [2.05, 4.69) is 5.32 Å². The Morgan fingerprint density at radius 1 is 1.57 bits per heavy atom. The summed E-state index contributed by atoms with van der Waals surface area (Å²) >= 11 is 0. The Kier molecular flexibility index (Phi) is 3.45. The minimum Gasteiger partial charge on any atom is -0.371 e. The van der Waals surface area contributed by atoms with Gasteiger partial charge in [-0.1, -0.05) is 19.1 Å². The molecule has 0 aliphatic carbocycles. The summed E-state index contributed by atoms with van der Waals surface area (Å²) in [7, 11) is 0. The van der Waals surface area contributed by atoms with Gasteiger partial charge in [-0.15, -0.1) is 0 Å². The van der Waals surface area contributed by atoms with E-state index >= 15 is 0 Å². The van der Waals surface area contributed by atoms with Crippen molar-refractivity contribution in [2.45, 2.75) is 19.4 Å². The number of anilines is 1. The molecule has 1 atom stereocenters. The van der Waals surface area contributed by atoms with Gasteiger partial charge in [-0.25, -0.2) is 4.39 Å². The molecule has 3 N–H and O–H groups in total. The first-order valence-corrected chi connectivity index (χ1v) is 4.45. The maximum atomic E-state index is 13.1. The van der Waals surface area contributed by atoms with Gasteiger partial charge in [-0.3, -0.25) is 4.79 Å². The lowest BCUT2D eigenvalue weighted by Crippen LogP contribution is -2.34. The molecular weight excluding hydrogens is 183 g/mol. The van der Waals surface area contributed by atoms with Crippen LogP contribution in [0.25, 0.3) is 0 Å². The van der Waals surface area contributed by atoms with Crippen molar-refractivity contribution >= 4 is 11.6 Å². The summed E-state index contributed by atoms with van der Waals surface area (Å²) in [4.78, 5) is 10.9. The van der Waals surface area contributed by atoms with Gasteiger partial charge >= 0.3 is 0 Å². The van der Waals surface area contributed by atoms with E-state index in [4.69, 9.17) is 5.73 Å². The van der Waals surface area contributed by atoms with Gasteiger partial charge in [-0.2, -0.15) is 0 Å². The van der Waals surface area contributed by atoms with Crippen LogP contribution in [0.3, 0.4) is 0 Å². The van der Waals surface area contributed by atoms with Crippen LogP contribution in [0, 0.1) is 5.82 Å². The molecule has 1 amide bonds. The van der Waals surface area contributed by atoms with E-state index in [0.717, 1.165) is 0 Å². The van der Waals surface area contributed by atoms with Crippen LogP contribution in [-0.2, 0) is 4.79 Å². The fraction of sp³-hybridized carbons (Fsp3) is 0.300. The average molecular weight is 196 g/mol. The second kappa shape index (κ2) is 4.60. The number of carbonyl (C=O) groups excluding carboxylic acids is 1. The molecule has 0 radical (unpaired) electrons. The fourth-order valence-corrected chi connectivity index (χ4v) is 1.14. The summed E-state index contributed by atoms with van der Waals surface area (Å²) in [6.07, 6.45) is 0.531. The number of hydrogen-bond acceptors (Lipinski definition) is 2. The highest BCUT2D eigenvalue weighted by atomic mass is 19.1. The molecular formula is C10H13FN2O. The van der Waals surface area contributed by atoms with Crippen molar-refractivity contribution < 1.29 is 9.18 Å². The molecule has 0 aromatic heterocycles. The maximum absolute atomic E-state index is 13.1.